The second-order valence-corrected chi connectivity index (χ2v) is 10.9. The monoisotopic (exact) mass is 499 g/mol. The van der Waals surface area contributed by atoms with Crippen LogP contribution in [0, 0.1) is 18.7 Å². The van der Waals surface area contributed by atoms with Gasteiger partial charge in [-0.2, -0.15) is 0 Å². The number of pyridine rings is 1. The van der Waals surface area contributed by atoms with Crippen LogP contribution < -0.4 is 15.8 Å². The van der Waals surface area contributed by atoms with Crippen molar-refractivity contribution in [2.75, 3.05) is 18.0 Å². The van der Waals surface area contributed by atoms with Crippen LogP contribution in [0.4, 0.5) is 14.9 Å². The lowest BCUT2D eigenvalue weighted by atomic mass is 10.0. The third-order valence-electron chi connectivity index (χ3n) is 6.84. The summed E-state index contributed by atoms with van der Waals surface area (Å²) in [5.74, 6) is -1.46. The van der Waals surface area contributed by atoms with Gasteiger partial charge < -0.3 is 24.6 Å². The largest absolute Gasteiger partial charge is 0.478 e. The zero-order valence-electron chi connectivity index (χ0n) is 21.4. The molecule has 2 atom stereocenters. The maximum Gasteiger partial charge on any atom is 0.407 e. The summed E-state index contributed by atoms with van der Waals surface area (Å²) in [6, 6.07) is 2.70. The van der Waals surface area contributed by atoms with E-state index in [2.05, 4.69) is 5.32 Å². The summed E-state index contributed by atoms with van der Waals surface area (Å²) in [6.07, 6.45) is 4.36. The van der Waals surface area contributed by atoms with E-state index in [0.29, 0.717) is 40.8 Å². The van der Waals surface area contributed by atoms with E-state index in [-0.39, 0.29) is 23.6 Å². The van der Waals surface area contributed by atoms with Gasteiger partial charge >= 0.3 is 12.1 Å². The van der Waals surface area contributed by atoms with Gasteiger partial charge in [0.2, 0.25) is 0 Å². The van der Waals surface area contributed by atoms with Crippen LogP contribution in [0.1, 0.15) is 64.1 Å². The van der Waals surface area contributed by atoms with Gasteiger partial charge in [-0.1, -0.05) is 0 Å². The Hall–Kier alpha value is -3.36. The number of ether oxygens (including phenoxy) is 1. The fraction of sp³-hybridized carbons (Fsp3) is 0.519. The van der Waals surface area contributed by atoms with Crippen molar-refractivity contribution in [3.63, 3.8) is 0 Å². The quantitative estimate of drug-likeness (QED) is 0.563. The van der Waals surface area contributed by atoms with E-state index in [4.69, 9.17) is 9.84 Å². The van der Waals surface area contributed by atoms with Gasteiger partial charge in [0.15, 0.2) is 0 Å². The number of carbonyl (C=O) groups is 2. The van der Waals surface area contributed by atoms with Crippen molar-refractivity contribution in [2.45, 2.75) is 71.6 Å². The van der Waals surface area contributed by atoms with Crippen molar-refractivity contribution in [1.82, 2.24) is 9.88 Å². The van der Waals surface area contributed by atoms with Gasteiger partial charge in [0.1, 0.15) is 11.4 Å². The molecule has 2 fully saturated rings. The fourth-order valence-electron chi connectivity index (χ4n) is 5.07. The highest BCUT2D eigenvalue weighted by Crippen LogP contribution is 2.41. The summed E-state index contributed by atoms with van der Waals surface area (Å²) in [5.41, 5.74) is 1.33. The zero-order valence-corrected chi connectivity index (χ0v) is 21.4. The molecule has 2 N–H and O–H groups in total. The number of halogens is 1. The molecule has 2 heterocycles. The number of nitrogens with one attached hydrogen (secondary N) is 1. The number of amides is 1. The van der Waals surface area contributed by atoms with E-state index in [1.807, 2.05) is 39.5 Å². The van der Waals surface area contributed by atoms with E-state index in [9.17, 15) is 14.4 Å². The molecule has 1 aromatic carbocycles. The Morgan fingerprint density at radius 2 is 1.94 bits per heavy atom. The first-order chi connectivity index (χ1) is 16.9. The number of anilines is 1. The molecule has 1 aromatic heterocycles. The summed E-state index contributed by atoms with van der Waals surface area (Å²) in [4.78, 5) is 38.3. The second-order valence-electron chi connectivity index (χ2n) is 10.9. The molecule has 1 amide bonds. The standard InChI is InChI=1S/C27H34FN3O5/c1-15-24-20(17(6-9-23(33)34)12-22(32)31(24)19-7-8-19)13-21(28)25(15)30-11-10-18(14-30)16(2)29-26(35)36-27(3,4)5/h6,9,12-13,16,18-19H,7-8,10-11,14H2,1-5H3,(H,29,35)(H,33,34)/t16-,18?/m0/s1. The first kappa shape index (κ1) is 25.7. The molecule has 0 radical (unpaired) electrons. The van der Waals surface area contributed by atoms with Crippen LogP contribution in [0.2, 0.25) is 0 Å². The van der Waals surface area contributed by atoms with Crippen LogP contribution in [-0.2, 0) is 9.53 Å². The number of hydrogen-bond acceptors (Lipinski definition) is 5. The molecular weight excluding hydrogens is 465 g/mol. The van der Waals surface area contributed by atoms with Crippen LogP contribution in [0.3, 0.4) is 0 Å². The van der Waals surface area contributed by atoms with Gasteiger partial charge in [-0.3, -0.25) is 4.79 Å². The van der Waals surface area contributed by atoms with Crippen LogP contribution in [0.25, 0.3) is 17.0 Å². The molecule has 1 aliphatic carbocycles. The van der Waals surface area contributed by atoms with Crippen LogP contribution >= 0.6 is 0 Å². The molecule has 0 bridgehead atoms. The Morgan fingerprint density at radius 3 is 2.56 bits per heavy atom. The van der Waals surface area contributed by atoms with Crippen molar-refractivity contribution < 1.29 is 23.8 Å². The predicted octanol–water partition coefficient (Wildman–Crippen LogP) is 4.62. The van der Waals surface area contributed by atoms with Gasteiger partial charge in [-0.15, -0.1) is 0 Å². The van der Waals surface area contributed by atoms with Crippen molar-refractivity contribution >= 4 is 34.7 Å². The summed E-state index contributed by atoms with van der Waals surface area (Å²) in [6.45, 7) is 10.3. The highest BCUT2D eigenvalue weighted by Gasteiger charge is 2.33. The maximum absolute atomic E-state index is 15.6. The first-order valence-electron chi connectivity index (χ1n) is 12.4. The Kier molecular flexibility index (Phi) is 6.86. The average Bonchev–Trinajstić information content (AvgIpc) is 3.47. The minimum atomic E-state index is -1.14. The zero-order chi connectivity index (χ0) is 26.4. The molecule has 4 rings (SSSR count). The number of carboxylic acids is 1. The molecule has 36 heavy (non-hydrogen) atoms. The summed E-state index contributed by atoms with van der Waals surface area (Å²) in [5, 5.41) is 12.5. The SMILES string of the molecule is Cc1c(N2CCC([C@H](C)NC(=O)OC(C)(C)C)C2)c(F)cc2c(C=CC(=O)O)cc(=O)n(C3CC3)c12. The Morgan fingerprint density at radius 1 is 1.25 bits per heavy atom. The topological polar surface area (TPSA) is 101 Å². The third kappa shape index (κ3) is 5.39. The molecule has 0 spiro atoms. The van der Waals surface area contributed by atoms with Crippen LogP contribution in [-0.4, -0.2) is 46.5 Å². The highest BCUT2D eigenvalue weighted by atomic mass is 19.1. The number of rotatable bonds is 6. The molecule has 2 aromatic rings. The van der Waals surface area contributed by atoms with Crippen molar-refractivity contribution in [3.8, 4) is 0 Å². The van der Waals surface area contributed by atoms with Gasteiger partial charge in [0.05, 0.1) is 11.2 Å². The van der Waals surface area contributed by atoms with E-state index in [0.717, 1.165) is 25.3 Å². The average molecular weight is 500 g/mol. The highest BCUT2D eigenvalue weighted by molar-refractivity contribution is 5.96. The minimum absolute atomic E-state index is 0.0684. The Balaban J connectivity index is 1.68. The van der Waals surface area contributed by atoms with E-state index >= 15 is 4.39 Å². The number of aromatic nitrogens is 1. The molecule has 1 aliphatic heterocycles. The predicted molar refractivity (Wildman–Crippen MR) is 137 cm³/mol. The molecule has 1 unspecified atom stereocenters. The van der Waals surface area contributed by atoms with Crippen molar-refractivity contribution in [3.05, 3.63) is 45.5 Å². The second kappa shape index (κ2) is 9.59. The van der Waals surface area contributed by atoms with E-state index < -0.39 is 23.5 Å². The van der Waals surface area contributed by atoms with E-state index in [1.165, 1.54) is 18.2 Å². The molecule has 1 saturated heterocycles. The maximum atomic E-state index is 15.6. The van der Waals surface area contributed by atoms with Crippen molar-refractivity contribution in [2.24, 2.45) is 5.92 Å². The Labute approximate surface area is 209 Å². The lowest BCUT2D eigenvalue weighted by Crippen LogP contribution is -2.42. The number of fused-ring (bicyclic) bond motifs is 1. The molecule has 9 heteroatoms. The number of carboxylic acid groups (broad SMARTS) is 1. The minimum Gasteiger partial charge on any atom is -0.478 e. The lowest BCUT2D eigenvalue weighted by molar-refractivity contribution is -0.131. The number of aliphatic carboxylic acids is 1. The number of benzene rings is 1. The summed E-state index contributed by atoms with van der Waals surface area (Å²) in [7, 11) is 0. The molecule has 8 nitrogen and oxygen atoms in total. The van der Waals surface area contributed by atoms with Gasteiger partial charge in [-0.25, -0.2) is 14.0 Å². The lowest BCUT2D eigenvalue weighted by Gasteiger charge is -2.27. The molecule has 1 saturated carbocycles. The van der Waals surface area contributed by atoms with Gasteiger partial charge in [0, 0.05) is 42.7 Å². The summed E-state index contributed by atoms with van der Waals surface area (Å²) < 4.78 is 22.7. The fourth-order valence-corrected chi connectivity index (χ4v) is 5.07. The van der Waals surface area contributed by atoms with Crippen molar-refractivity contribution in [1.29, 1.82) is 0 Å². The molecule has 194 valence electrons. The van der Waals surface area contributed by atoms with Crippen LogP contribution in [0.15, 0.2) is 23.0 Å². The van der Waals surface area contributed by atoms with Gasteiger partial charge in [-0.05, 0) is 83.1 Å². The van der Waals surface area contributed by atoms with E-state index in [1.54, 1.807) is 4.57 Å². The molecular formula is C27H34FN3O5. The smallest absolute Gasteiger partial charge is 0.407 e. The van der Waals surface area contributed by atoms with Crippen LogP contribution in [0.5, 0.6) is 0 Å². The number of alkyl carbamates (subject to hydrolysis) is 1. The Bertz CT molecular complexity index is 1290. The van der Waals surface area contributed by atoms with Gasteiger partial charge in [0.25, 0.3) is 5.56 Å². The first-order valence-corrected chi connectivity index (χ1v) is 12.4. The normalized spacial score (nSPS) is 19.2. The number of aryl methyl sites for hydroxylation is 1. The summed E-state index contributed by atoms with van der Waals surface area (Å²) >= 11 is 0. The number of hydrogen-bond donors (Lipinski definition) is 2. The number of nitrogens with zero attached hydrogens (tertiary/aromatic N) is 2. The molecule has 2 aliphatic rings. The number of carbonyl (C=O) groups excluding carboxylic acids is 1. The third-order valence-corrected chi connectivity index (χ3v) is 6.84.